The topological polar surface area (TPSA) is 93.9 Å². The maximum atomic E-state index is 10.7. The first-order chi connectivity index (χ1) is 11.0. The number of rotatable bonds is 6. The summed E-state index contributed by atoms with van der Waals surface area (Å²) in [5.41, 5.74) is 12.3. The number of carbonyl (C=O) groups is 1. The van der Waals surface area contributed by atoms with Gasteiger partial charge in [-0.1, -0.05) is 19.1 Å². The monoisotopic (exact) mass is 318 g/mol. The minimum absolute atomic E-state index is 0.103. The molecule has 1 aliphatic heterocycles. The molecule has 2 rings (SSSR count). The largest absolute Gasteiger partial charge is 0.484 e. The van der Waals surface area contributed by atoms with Gasteiger partial charge >= 0.3 is 0 Å². The van der Waals surface area contributed by atoms with Crippen molar-refractivity contribution in [3.05, 3.63) is 29.8 Å². The molecule has 0 saturated carbocycles. The fourth-order valence-corrected chi connectivity index (χ4v) is 2.54. The second kappa shape index (κ2) is 8.41. The molecule has 1 fully saturated rings. The Balaban J connectivity index is 1.76. The number of likely N-dealkylation sites (tertiary alicyclic amines) is 1. The summed E-state index contributed by atoms with van der Waals surface area (Å²) >= 11 is 0. The summed E-state index contributed by atoms with van der Waals surface area (Å²) in [6.45, 7) is 4.85. The van der Waals surface area contributed by atoms with Crippen LogP contribution in [-0.2, 0) is 11.2 Å². The molecule has 6 heteroatoms. The smallest absolute Gasteiger partial charge is 0.255 e. The Labute approximate surface area is 137 Å². The van der Waals surface area contributed by atoms with Crippen molar-refractivity contribution < 1.29 is 9.53 Å². The van der Waals surface area contributed by atoms with Crippen LogP contribution in [-0.4, -0.2) is 43.0 Å². The van der Waals surface area contributed by atoms with Gasteiger partial charge in [-0.05, 0) is 42.9 Å². The zero-order chi connectivity index (χ0) is 16.7. The molecule has 4 N–H and O–H groups in total. The molecule has 23 heavy (non-hydrogen) atoms. The van der Waals surface area contributed by atoms with Crippen molar-refractivity contribution in [3.8, 4) is 5.75 Å². The third-order valence-electron chi connectivity index (χ3n) is 4.09. The maximum Gasteiger partial charge on any atom is 0.255 e. The fourth-order valence-electron chi connectivity index (χ4n) is 2.54. The molecule has 0 unspecified atom stereocenters. The first kappa shape index (κ1) is 17.1. The van der Waals surface area contributed by atoms with E-state index in [0.29, 0.717) is 18.3 Å². The van der Waals surface area contributed by atoms with Gasteiger partial charge in [0.15, 0.2) is 12.6 Å². The van der Waals surface area contributed by atoms with Gasteiger partial charge in [0.1, 0.15) is 5.75 Å². The highest BCUT2D eigenvalue weighted by Crippen LogP contribution is 2.16. The predicted octanol–water partition coefficient (Wildman–Crippen LogP) is 1.14. The van der Waals surface area contributed by atoms with Crippen molar-refractivity contribution in [2.45, 2.75) is 26.2 Å². The zero-order valence-electron chi connectivity index (χ0n) is 13.7. The van der Waals surface area contributed by atoms with Gasteiger partial charge in [0.2, 0.25) is 0 Å². The van der Waals surface area contributed by atoms with Gasteiger partial charge in [-0.3, -0.25) is 9.79 Å². The lowest BCUT2D eigenvalue weighted by atomic mass is 10.00. The van der Waals surface area contributed by atoms with Crippen LogP contribution in [0.3, 0.4) is 0 Å². The predicted molar refractivity (Wildman–Crippen MR) is 91.3 cm³/mol. The second-order valence-corrected chi connectivity index (χ2v) is 6.06. The first-order valence-electron chi connectivity index (χ1n) is 8.09. The molecule has 1 heterocycles. The van der Waals surface area contributed by atoms with Crippen molar-refractivity contribution >= 4 is 11.9 Å². The molecule has 1 aromatic carbocycles. The minimum Gasteiger partial charge on any atom is -0.484 e. The average Bonchev–Trinajstić information content (AvgIpc) is 2.54. The van der Waals surface area contributed by atoms with E-state index in [4.69, 9.17) is 16.2 Å². The molecular weight excluding hydrogens is 292 g/mol. The van der Waals surface area contributed by atoms with E-state index in [1.807, 2.05) is 24.3 Å². The van der Waals surface area contributed by atoms with E-state index in [2.05, 4.69) is 16.8 Å². The van der Waals surface area contributed by atoms with E-state index < -0.39 is 5.91 Å². The van der Waals surface area contributed by atoms with Crippen molar-refractivity contribution in [2.24, 2.45) is 22.4 Å². The maximum absolute atomic E-state index is 10.7. The molecule has 1 aliphatic rings. The summed E-state index contributed by atoms with van der Waals surface area (Å²) in [7, 11) is 0. The van der Waals surface area contributed by atoms with Gasteiger partial charge in [-0.2, -0.15) is 0 Å². The summed E-state index contributed by atoms with van der Waals surface area (Å²) in [4.78, 5) is 17.3. The highest BCUT2D eigenvalue weighted by atomic mass is 16.5. The van der Waals surface area contributed by atoms with E-state index >= 15 is 0 Å². The van der Waals surface area contributed by atoms with E-state index in [9.17, 15) is 4.79 Å². The molecule has 0 atom stereocenters. The Morgan fingerprint density at radius 1 is 1.26 bits per heavy atom. The fraction of sp³-hybridized carbons (Fsp3) is 0.529. The molecule has 0 aromatic heterocycles. The molecule has 0 spiro atoms. The number of carbonyl (C=O) groups excluding carboxylic acids is 1. The van der Waals surface area contributed by atoms with Crippen molar-refractivity contribution in [3.63, 3.8) is 0 Å². The van der Waals surface area contributed by atoms with Crippen LogP contribution in [0.4, 0.5) is 0 Å². The summed E-state index contributed by atoms with van der Waals surface area (Å²) in [5.74, 6) is 1.59. The number of hydrogen-bond donors (Lipinski definition) is 2. The number of nitrogens with zero attached hydrogens (tertiary/aromatic N) is 2. The van der Waals surface area contributed by atoms with Crippen molar-refractivity contribution in [2.75, 3.05) is 26.2 Å². The molecule has 1 aromatic rings. The number of nitrogens with two attached hydrogens (primary N) is 2. The van der Waals surface area contributed by atoms with Crippen LogP contribution in [0.1, 0.15) is 25.3 Å². The Hall–Kier alpha value is -2.24. The number of hydrogen-bond acceptors (Lipinski definition) is 3. The summed E-state index contributed by atoms with van der Waals surface area (Å²) in [5, 5.41) is 0. The third kappa shape index (κ3) is 5.81. The summed E-state index contributed by atoms with van der Waals surface area (Å²) in [6, 6.07) is 7.59. The lowest BCUT2D eigenvalue weighted by Gasteiger charge is -2.31. The van der Waals surface area contributed by atoms with Gasteiger partial charge in [-0.25, -0.2) is 0 Å². The van der Waals surface area contributed by atoms with Crippen LogP contribution in [0.25, 0.3) is 0 Å². The zero-order valence-corrected chi connectivity index (χ0v) is 13.7. The van der Waals surface area contributed by atoms with Gasteiger partial charge in [0, 0.05) is 19.6 Å². The summed E-state index contributed by atoms with van der Waals surface area (Å²) in [6.07, 6.45) is 3.19. The Morgan fingerprint density at radius 2 is 1.91 bits per heavy atom. The van der Waals surface area contributed by atoms with E-state index in [1.165, 1.54) is 12.8 Å². The number of primary amides is 1. The lowest BCUT2D eigenvalue weighted by molar-refractivity contribution is -0.119. The molecule has 0 radical (unpaired) electrons. The molecule has 6 nitrogen and oxygen atoms in total. The first-order valence-corrected chi connectivity index (χ1v) is 8.09. The number of piperidine rings is 1. The van der Waals surface area contributed by atoms with Crippen LogP contribution in [0.15, 0.2) is 29.3 Å². The molecule has 1 saturated heterocycles. The Morgan fingerprint density at radius 3 is 2.52 bits per heavy atom. The Kier molecular flexibility index (Phi) is 6.26. The normalized spacial score (nSPS) is 16.4. The van der Waals surface area contributed by atoms with E-state index in [-0.39, 0.29) is 6.61 Å². The molecule has 0 aliphatic carbocycles. The lowest BCUT2D eigenvalue weighted by Crippen LogP contribution is -2.42. The number of ether oxygens (including phenoxy) is 1. The standard InChI is InChI=1S/C17H26N4O2/c1-13-7-10-21(11-8-13)17(19)20-9-6-14-2-4-15(5-3-14)23-12-16(18)22/h2-5,13H,6-12H2,1H3,(H2,18,22)(H2,19,20). The van der Waals surface area contributed by atoms with E-state index in [1.54, 1.807) is 0 Å². The van der Waals surface area contributed by atoms with Crippen LogP contribution in [0, 0.1) is 5.92 Å². The number of benzene rings is 1. The van der Waals surface area contributed by atoms with Crippen molar-refractivity contribution in [1.29, 1.82) is 0 Å². The van der Waals surface area contributed by atoms with Crippen LogP contribution in [0.5, 0.6) is 5.75 Å². The van der Waals surface area contributed by atoms with Gasteiger partial charge in [-0.15, -0.1) is 0 Å². The third-order valence-corrected chi connectivity index (χ3v) is 4.09. The second-order valence-electron chi connectivity index (χ2n) is 6.06. The number of aliphatic imine (C=N–C) groups is 1. The van der Waals surface area contributed by atoms with E-state index in [0.717, 1.165) is 31.0 Å². The summed E-state index contributed by atoms with van der Waals surface area (Å²) < 4.78 is 5.22. The average molecular weight is 318 g/mol. The SMILES string of the molecule is CC1CCN(C(N)=NCCc2ccc(OCC(N)=O)cc2)CC1. The van der Waals surface area contributed by atoms with Crippen LogP contribution in [0.2, 0.25) is 0 Å². The number of amides is 1. The highest BCUT2D eigenvalue weighted by Gasteiger charge is 2.16. The molecular formula is C17H26N4O2. The Bertz CT molecular complexity index is 534. The van der Waals surface area contributed by atoms with Crippen molar-refractivity contribution in [1.82, 2.24) is 4.90 Å². The van der Waals surface area contributed by atoms with Crippen LogP contribution >= 0.6 is 0 Å². The quantitative estimate of drug-likeness (QED) is 0.607. The van der Waals surface area contributed by atoms with Gasteiger partial charge in [0.25, 0.3) is 5.91 Å². The van der Waals surface area contributed by atoms with Gasteiger partial charge in [0.05, 0.1) is 0 Å². The van der Waals surface area contributed by atoms with Crippen LogP contribution < -0.4 is 16.2 Å². The molecule has 126 valence electrons. The molecule has 1 amide bonds. The molecule has 0 bridgehead atoms. The minimum atomic E-state index is -0.481. The number of guanidine groups is 1. The van der Waals surface area contributed by atoms with Gasteiger partial charge < -0.3 is 21.1 Å². The highest BCUT2D eigenvalue weighted by molar-refractivity contribution is 5.78.